The van der Waals surface area contributed by atoms with Gasteiger partial charge in [0.2, 0.25) is 10.0 Å². The average Bonchev–Trinajstić information content (AvgIpc) is 2.78. The number of amides is 1. The summed E-state index contributed by atoms with van der Waals surface area (Å²) in [4.78, 5) is 14.0. The third-order valence-electron chi connectivity index (χ3n) is 5.36. The summed E-state index contributed by atoms with van der Waals surface area (Å²) in [5.41, 5.74) is 1.21. The SMILES string of the molecule is CCCSc1ccccc1C(=O)Nc1ccc(S(=O)(=O)N2CCCCC2CC)cc1. The highest BCUT2D eigenvalue weighted by molar-refractivity contribution is 7.99. The zero-order valence-electron chi connectivity index (χ0n) is 17.6. The summed E-state index contributed by atoms with van der Waals surface area (Å²) < 4.78 is 27.8. The molecule has 0 saturated carbocycles. The Kier molecular flexibility index (Phi) is 7.97. The molecule has 1 atom stereocenters. The average molecular weight is 447 g/mol. The van der Waals surface area contributed by atoms with E-state index in [-0.39, 0.29) is 16.8 Å². The van der Waals surface area contributed by atoms with E-state index in [1.807, 2.05) is 31.2 Å². The molecule has 5 nitrogen and oxygen atoms in total. The van der Waals surface area contributed by atoms with Crippen LogP contribution in [0, 0.1) is 0 Å². The lowest BCUT2D eigenvalue weighted by Gasteiger charge is -2.34. The van der Waals surface area contributed by atoms with Gasteiger partial charge in [0.1, 0.15) is 0 Å². The lowest BCUT2D eigenvalue weighted by Crippen LogP contribution is -2.43. The second-order valence-corrected chi connectivity index (χ2v) is 10.5. The zero-order chi connectivity index (χ0) is 21.6. The van der Waals surface area contributed by atoms with Gasteiger partial charge in [-0.05, 0) is 67.8 Å². The summed E-state index contributed by atoms with van der Waals surface area (Å²) in [7, 11) is -3.52. The van der Waals surface area contributed by atoms with Crippen LogP contribution in [-0.2, 0) is 10.0 Å². The van der Waals surface area contributed by atoms with E-state index in [1.165, 1.54) is 0 Å². The van der Waals surface area contributed by atoms with Crippen LogP contribution in [-0.4, -0.2) is 37.0 Å². The lowest BCUT2D eigenvalue weighted by atomic mass is 10.0. The number of benzene rings is 2. The number of sulfonamides is 1. The van der Waals surface area contributed by atoms with Crippen molar-refractivity contribution in [3.63, 3.8) is 0 Å². The maximum Gasteiger partial charge on any atom is 0.256 e. The number of nitrogens with zero attached hydrogens (tertiary/aromatic N) is 1. The number of carbonyl (C=O) groups is 1. The predicted octanol–water partition coefficient (Wildman–Crippen LogP) is 5.39. The first-order valence-electron chi connectivity index (χ1n) is 10.6. The van der Waals surface area contributed by atoms with Crippen molar-refractivity contribution in [3.05, 3.63) is 54.1 Å². The highest BCUT2D eigenvalue weighted by atomic mass is 32.2. The van der Waals surface area contributed by atoms with Crippen molar-refractivity contribution in [2.75, 3.05) is 17.6 Å². The van der Waals surface area contributed by atoms with Crippen molar-refractivity contribution < 1.29 is 13.2 Å². The minimum absolute atomic E-state index is 0.0697. The summed E-state index contributed by atoms with van der Waals surface area (Å²) in [6, 6.07) is 14.1. The Balaban J connectivity index is 1.74. The third-order valence-corrected chi connectivity index (χ3v) is 8.60. The molecule has 1 aliphatic rings. The largest absolute Gasteiger partial charge is 0.322 e. The van der Waals surface area contributed by atoms with E-state index in [9.17, 15) is 13.2 Å². The van der Waals surface area contributed by atoms with E-state index in [2.05, 4.69) is 12.2 Å². The molecular formula is C23H30N2O3S2. The summed E-state index contributed by atoms with van der Waals surface area (Å²) in [5, 5.41) is 2.89. The van der Waals surface area contributed by atoms with Crippen LogP contribution in [0.1, 0.15) is 56.3 Å². The zero-order valence-corrected chi connectivity index (χ0v) is 19.3. The Morgan fingerprint density at radius 2 is 1.83 bits per heavy atom. The molecule has 0 aliphatic carbocycles. The van der Waals surface area contributed by atoms with Gasteiger partial charge in [-0.2, -0.15) is 4.31 Å². The van der Waals surface area contributed by atoms with Crippen LogP contribution >= 0.6 is 11.8 Å². The van der Waals surface area contributed by atoms with Gasteiger partial charge in [-0.3, -0.25) is 4.79 Å². The fourth-order valence-electron chi connectivity index (χ4n) is 3.73. The van der Waals surface area contributed by atoms with Gasteiger partial charge in [-0.15, -0.1) is 11.8 Å². The van der Waals surface area contributed by atoms with Gasteiger partial charge in [-0.25, -0.2) is 8.42 Å². The molecule has 0 bridgehead atoms. The lowest BCUT2D eigenvalue weighted by molar-refractivity contribution is 0.102. The van der Waals surface area contributed by atoms with E-state index >= 15 is 0 Å². The van der Waals surface area contributed by atoms with Crippen LogP contribution in [0.15, 0.2) is 58.3 Å². The van der Waals surface area contributed by atoms with Crippen molar-refractivity contribution in [3.8, 4) is 0 Å². The van der Waals surface area contributed by atoms with Gasteiger partial charge in [0, 0.05) is 23.2 Å². The molecule has 1 aliphatic heterocycles. The summed E-state index contributed by atoms with van der Waals surface area (Å²) >= 11 is 1.66. The first-order valence-corrected chi connectivity index (χ1v) is 13.0. The molecule has 2 aromatic carbocycles. The van der Waals surface area contributed by atoms with Gasteiger partial charge < -0.3 is 5.32 Å². The Labute approximate surface area is 184 Å². The smallest absolute Gasteiger partial charge is 0.256 e. The van der Waals surface area contributed by atoms with Crippen molar-refractivity contribution in [1.82, 2.24) is 4.31 Å². The van der Waals surface area contributed by atoms with E-state index in [0.29, 0.717) is 17.8 Å². The van der Waals surface area contributed by atoms with E-state index < -0.39 is 10.0 Å². The third kappa shape index (κ3) is 5.25. The van der Waals surface area contributed by atoms with Crippen molar-refractivity contribution >= 4 is 33.4 Å². The molecule has 1 N–H and O–H groups in total. The second kappa shape index (κ2) is 10.5. The highest BCUT2D eigenvalue weighted by Gasteiger charge is 2.32. The van der Waals surface area contributed by atoms with Crippen LogP contribution in [0.25, 0.3) is 0 Å². The fraction of sp³-hybridized carbons (Fsp3) is 0.435. The minimum atomic E-state index is -3.52. The number of anilines is 1. The van der Waals surface area contributed by atoms with Crippen LogP contribution in [0.4, 0.5) is 5.69 Å². The molecule has 1 amide bonds. The van der Waals surface area contributed by atoms with Crippen molar-refractivity contribution in [1.29, 1.82) is 0 Å². The minimum Gasteiger partial charge on any atom is -0.322 e. The van der Waals surface area contributed by atoms with Gasteiger partial charge in [0.25, 0.3) is 5.91 Å². The fourth-order valence-corrected chi connectivity index (χ4v) is 6.42. The molecular weight excluding hydrogens is 416 g/mol. The highest BCUT2D eigenvalue weighted by Crippen LogP contribution is 2.28. The van der Waals surface area contributed by atoms with Gasteiger partial charge >= 0.3 is 0 Å². The molecule has 30 heavy (non-hydrogen) atoms. The van der Waals surface area contributed by atoms with Crippen molar-refractivity contribution in [2.45, 2.75) is 61.8 Å². The van der Waals surface area contributed by atoms with Crippen molar-refractivity contribution in [2.24, 2.45) is 0 Å². The first-order chi connectivity index (χ1) is 14.5. The molecule has 1 heterocycles. The molecule has 7 heteroatoms. The van der Waals surface area contributed by atoms with Gasteiger partial charge in [0.15, 0.2) is 0 Å². The van der Waals surface area contributed by atoms with E-state index in [0.717, 1.165) is 42.8 Å². The molecule has 2 aromatic rings. The predicted molar refractivity (Wildman–Crippen MR) is 124 cm³/mol. The number of piperidine rings is 1. The number of carbonyl (C=O) groups excluding carboxylic acids is 1. The Hall–Kier alpha value is -1.83. The second-order valence-electron chi connectivity index (χ2n) is 7.50. The van der Waals surface area contributed by atoms with Crippen LogP contribution in [0.3, 0.4) is 0 Å². The molecule has 1 saturated heterocycles. The molecule has 0 aromatic heterocycles. The normalized spacial score (nSPS) is 17.6. The summed E-state index contributed by atoms with van der Waals surface area (Å²) in [6.07, 6.45) is 4.75. The van der Waals surface area contributed by atoms with Crippen LogP contribution < -0.4 is 5.32 Å². The maximum atomic E-state index is 13.1. The topological polar surface area (TPSA) is 66.5 Å². The van der Waals surface area contributed by atoms with E-state index in [1.54, 1.807) is 40.3 Å². The summed E-state index contributed by atoms with van der Waals surface area (Å²) in [6.45, 7) is 4.72. The molecule has 0 spiro atoms. The number of hydrogen-bond donors (Lipinski definition) is 1. The molecule has 1 fully saturated rings. The number of rotatable bonds is 8. The Bertz CT molecular complexity index is 959. The quantitative estimate of drug-likeness (QED) is 0.552. The van der Waals surface area contributed by atoms with E-state index in [4.69, 9.17) is 0 Å². The number of thioether (sulfide) groups is 1. The van der Waals surface area contributed by atoms with Gasteiger partial charge in [0.05, 0.1) is 10.5 Å². The summed E-state index contributed by atoms with van der Waals surface area (Å²) in [5.74, 6) is 0.762. The standard InChI is InChI=1S/C23H30N2O3S2/c1-3-17-29-22-11-6-5-10-21(22)23(26)24-18-12-14-20(15-13-18)30(27,28)25-16-8-7-9-19(25)4-2/h5-6,10-15,19H,3-4,7-9,16-17H2,1-2H3,(H,24,26). The Morgan fingerprint density at radius 3 is 2.53 bits per heavy atom. The molecule has 162 valence electrons. The first kappa shape index (κ1) is 22.8. The van der Waals surface area contributed by atoms with Crippen LogP contribution in [0.5, 0.6) is 0 Å². The number of nitrogens with one attached hydrogen (secondary N) is 1. The maximum absolute atomic E-state index is 13.1. The van der Waals surface area contributed by atoms with Crippen LogP contribution in [0.2, 0.25) is 0 Å². The van der Waals surface area contributed by atoms with Gasteiger partial charge in [-0.1, -0.05) is 32.4 Å². The Morgan fingerprint density at radius 1 is 1.10 bits per heavy atom. The molecule has 0 radical (unpaired) electrons. The monoisotopic (exact) mass is 446 g/mol. The molecule has 1 unspecified atom stereocenters. The molecule has 3 rings (SSSR count). The number of hydrogen-bond acceptors (Lipinski definition) is 4.